The van der Waals surface area contributed by atoms with E-state index in [0.717, 1.165) is 0 Å². The molecule has 2 N–H and O–H groups in total. The van der Waals surface area contributed by atoms with Crippen molar-refractivity contribution in [3.8, 4) is 0 Å². The normalized spacial score (nSPS) is 10.4. The standard InChI is InChI=1S/C7H16N2O2/c1-5(2)8-7(10)11-9-6(3)4/h5-6,9H,1-4H3,(H,8,10). The zero-order valence-electron chi connectivity index (χ0n) is 7.47. The molecule has 0 aliphatic rings. The van der Waals surface area contributed by atoms with E-state index in [1.807, 2.05) is 27.7 Å². The van der Waals surface area contributed by atoms with Gasteiger partial charge in [0, 0.05) is 12.1 Å². The van der Waals surface area contributed by atoms with Crippen molar-refractivity contribution in [3.05, 3.63) is 0 Å². The van der Waals surface area contributed by atoms with Crippen molar-refractivity contribution in [1.29, 1.82) is 0 Å². The van der Waals surface area contributed by atoms with Gasteiger partial charge >= 0.3 is 6.09 Å². The molecule has 0 saturated heterocycles. The second-order valence-electron chi connectivity index (χ2n) is 2.96. The van der Waals surface area contributed by atoms with Crippen molar-refractivity contribution in [1.82, 2.24) is 10.8 Å². The molecule has 0 aromatic carbocycles. The lowest BCUT2D eigenvalue weighted by Gasteiger charge is -2.10. The molecule has 4 nitrogen and oxygen atoms in total. The van der Waals surface area contributed by atoms with Gasteiger partial charge in [0.05, 0.1) is 0 Å². The Bertz CT molecular complexity index is 124. The molecule has 1 amide bonds. The second-order valence-corrected chi connectivity index (χ2v) is 2.96. The lowest BCUT2D eigenvalue weighted by Crippen LogP contribution is -2.36. The number of hydroxylamine groups is 1. The lowest BCUT2D eigenvalue weighted by molar-refractivity contribution is 0.0738. The summed E-state index contributed by atoms with van der Waals surface area (Å²) in [6.07, 6.45) is -0.436. The maximum atomic E-state index is 10.8. The average Bonchev–Trinajstić information content (AvgIpc) is 1.82. The van der Waals surface area contributed by atoms with Gasteiger partial charge in [-0.3, -0.25) is 0 Å². The molecule has 0 aromatic heterocycles. The predicted octanol–water partition coefficient (Wildman–Crippen LogP) is 1.03. The van der Waals surface area contributed by atoms with Gasteiger partial charge in [0.2, 0.25) is 0 Å². The van der Waals surface area contributed by atoms with Crippen LogP contribution in [0.5, 0.6) is 0 Å². The summed E-state index contributed by atoms with van der Waals surface area (Å²) < 4.78 is 0. The van der Waals surface area contributed by atoms with Gasteiger partial charge in [0.15, 0.2) is 0 Å². The first-order valence-corrected chi connectivity index (χ1v) is 3.75. The van der Waals surface area contributed by atoms with Crippen LogP contribution in [-0.4, -0.2) is 18.2 Å². The van der Waals surface area contributed by atoms with Crippen LogP contribution in [0.2, 0.25) is 0 Å². The first kappa shape index (κ1) is 10.2. The monoisotopic (exact) mass is 160 g/mol. The third kappa shape index (κ3) is 7.12. The summed E-state index contributed by atoms with van der Waals surface area (Å²) in [7, 11) is 0. The molecule has 0 heterocycles. The van der Waals surface area contributed by atoms with E-state index in [9.17, 15) is 4.79 Å². The molecule has 0 unspecified atom stereocenters. The first-order valence-electron chi connectivity index (χ1n) is 3.75. The van der Waals surface area contributed by atoms with Gasteiger partial charge in [0.1, 0.15) is 0 Å². The Kier molecular flexibility index (Phi) is 4.61. The van der Waals surface area contributed by atoms with Crippen LogP contribution in [0, 0.1) is 0 Å². The number of carbonyl (C=O) groups is 1. The van der Waals surface area contributed by atoms with E-state index in [4.69, 9.17) is 0 Å². The van der Waals surface area contributed by atoms with E-state index in [1.54, 1.807) is 0 Å². The van der Waals surface area contributed by atoms with Crippen LogP contribution < -0.4 is 10.8 Å². The molecule has 0 fully saturated rings. The minimum absolute atomic E-state index is 0.108. The molecule has 0 spiro atoms. The number of rotatable bonds is 3. The van der Waals surface area contributed by atoms with Gasteiger partial charge in [0.25, 0.3) is 0 Å². The SMILES string of the molecule is CC(C)NOC(=O)NC(C)C. The quantitative estimate of drug-likeness (QED) is 0.606. The van der Waals surface area contributed by atoms with E-state index in [1.165, 1.54) is 0 Å². The van der Waals surface area contributed by atoms with Crippen molar-refractivity contribution >= 4 is 6.09 Å². The molecule has 0 atom stereocenters. The maximum Gasteiger partial charge on any atom is 0.426 e. The molecule has 0 radical (unpaired) electrons. The van der Waals surface area contributed by atoms with Crippen molar-refractivity contribution in [2.75, 3.05) is 0 Å². The number of amides is 1. The van der Waals surface area contributed by atoms with Crippen LogP contribution >= 0.6 is 0 Å². The predicted molar refractivity (Wildman–Crippen MR) is 43.0 cm³/mol. The van der Waals surface area contributed by atoms with Crippen molar-refractivity contribution < 1.29 is 9.63 Å². The highest BCUT2D eigenvalue weighted by Crippen LogP contribution is 1.81. The maximum absolute atomic E-state index is 10.8. The van der Waals surface area contributed by atoms with E-state index in [0.29, 0.717) is 0 Å². The van der Waals surface area contributed by atoms with Crippen LogP contribution in [0.25, 0.3) is 0 Å². The fourth-order valence-electron chi connectivity index (χ4n) is 0.437. The Labute approximate surface area is 67.3 Å². The van der Waals surface area contributed by atoms with Crippen molar-refractivity contribution in [2.45, 2.75) is 39.8 Å². The third-order valence-corrected chi connectivity index (χ3v) is 0.794. The Morgan fingerprint density at radius 2 is 1.73 bits per heavy atom. The summed E-state index contributed by atoms with van der Waals surface area (Å²) in [6.45, 7) is 7.53. The summed E-state index contributed by atoms with van der Waals surface area (Å²) in [5, 5.41) is 2.57. The van der Waals surface area contributed by atoms with Gasteiger partial charge in [-0.25, -0.2) is 4.79 Å². The van der Waals surface area contributed by atoms with Crippen molar-refractivity contribution in [2.24, 2.45) is 0 Å². The zero-order chi connectivity index (χ0) is 8.85. The first-order chi connectivity index (χ1) is 5.02. The summed E-state index contributed by atoms with van der Waals surface area (Å²) in [6, 6.07) is 0.254. The molecule has 0 aliphatic heterocycles. The Morgan fingerprint density at radius 1 is 1.18 bits per heavy atom. The van der Waals surface area contributed by atoms with Crippen LogP contribution in [0.3, 0.4) is 0 Å². The number of hydrogen-bond acceptors (Lipinski definition) is 3. The number of hydrogen-bond donors (Lipinski definition) is 2. The van der Waals surface area contributed by atoms with Crippen molar-refractivity contribution in [3.63, 3.8) is 0 Å². The van der Waals surface area contributed by atoms with Crippen LogP contribution in [0.15, 0.2) is 0 Å². The van der Waals surface area contributed by atoms with Gasteiger partial charge in [-0.05, 0) is 27.7 Å². The fourth-order valence-corrected chi connectivity index (χ4v) is 0.437. The third-order valence-electron chi connectivity index (χ3n) is 0.794. The molecule has 4 heteroatoms. The van der Waals surface area contributed by atoms with Crippen LogP contribution in [-0.2, 0) is 4.84 Å². The molecular weight excluding hydrogens is 144 g/mol. The van der Waals surface area contributed by atoms with Gasteiger partial charge in [-0.2, -0.15) is 0 Å². The number of carbonyl (C=O) groups excluding carboxylic acids is 1. The van der Waals surface area contributed by atoms with Gasteiger partial charge < -0.3 is 10.2 Å². The van der Waals surface area contributed by atoms with Gasteiger partial charge in [-0.1, -0.05) is 0 Å². The minimum atomic E-state index is -0.436. The summed E-state index contributed by atoms with van der Waals surface area (Å²) >= 11 is 0. The molecule has 0 rings (SSSR count). The van der Waals surface area contributed by atoms with E-state index < -0.39 is 6.09 Å². The highest BCUT2D eigenvalue weighted by molar-refractivity contribution is 5.67. The highest BCUT2D eigenvalue weighted by Gasteiger charge is 2.03. The summed E-state index contributed by atoms with van der Waals surface area (Å²) in [5.74, 6) is 0. The zero-order valence-corrected chi connectivity index (χ0v) is 7.47. The second kappa shape index (κ2) is 4.96. The van der Waals surface area contributed by atoms with E-state index in [-0.39, 0.29) is 12.1 Å². The molecule has 0 bridgehead atoms. The van der Waals surface area contributed by atoms with E-state index in [2.05, 4.69) is 15.6 Å². The largest absolute Gasteiger partial charge is 0.426 e. The number of nitrogens with one attached hydrogen (secondary N) is 2. The molecule has 66 valence electrons. The molecular formula is C7H16N2O2. The van der Waals surface area contributed by atoms with Crippen LogP contribution in [0.1, 0.15) is 27.7 Å². The van der Waals surface area contributed by atoms with E-state index >= 15 is 0 Å². The highest BCUT2D eigenvalue weighted by atomic mass is 16.7. The molecule has 11 heavy (non-hydrogen) atoms. The summed E-state index contributed by atoms with van der Waals surface area (Å²) in [4.78, 5) is 15.4. The molecule has 0 saturated carbocycles. The minimum Gasteiger partial charge on any atom is -0.354 e. The average molecular weight is 160 g/mol. The Morgan fingerprint density at radius 3 is 2.09 bits per heavy atom. The fraction of sp³-hybridized carbons (Fsp3) is 0.857. The van der Waals surface area contributed by atoms with Gasteiger partial charge in [-0.15, -0.1) is 5.48 Å². The Hall–Kier alpha value is -0.770. The smallest absolute Gasteiger partial charge is 0.354 e. The lowest BCUT2D eigenvalue weighted by atomic mass is 10.4. The topological polar surface area (TPSA) is 50.4 Å². The molecule has 0 aliphatic carbocycles. The Balaban J connectivity index is 3.38. The molecule has 0 aromatic rings. The van der Waals surface area contributed by atoms with Crippen LogP contribution in [0.4, 0.5) is 4.79 Å². The summed E-state index contributed by atoms with van der Waals surface area (Å²) in [5.41, 5.74) is 2.54.